The van der Waals surface area contributed by atoms with E-state index in [9.17, 15) is 19.4 Å². The molecule has 260 valence electrons. The van der Waals surface area contributed by atoms with Crippen molar-refractivity contribution in [1.29, 1.82) is 0 Å². The van der Waals surface area contributed by atoms with E-state index < -0.39 is 20.0 Å². The molecule has 0 aromatic heterocycles. The lowest BCUT2D eigenvalue weighted by Crippen LogP contribution is -2.45. The minimum Gasteiger partial charge on any atom is -0.756 e. The molecule has 1 amide bonds. The van der Waals surface area contributed by atoms with Crippen molar-refractivity contribution in [3.63, 3.8) is 0 Å². The minimum atomic E-state index is -4.57. The first-order chi connectivity index (χ1) is 21.0. The van der Waals surface area contributed by atoms with Crippen LogP contribution in [0.4, 0.5) is 0 Å². The summed E-state index contributed by atoms with van der Waals surface area (Å²) < 4.78 is 23.0. The first kappa shape index (κ1) is 43.0. The van der Waals surface area contributed by atoms with Crippen molar-refractivity contribution in [3.8, 4) is 0 Å². The molecule has 44 heavy (non-hydrogen) atoms. The van der Waals surface area contributed by atoms with Crippen LogP contribution in [0.15, 0.2) is 24.3 Å². The molecule has 0 aromatic carbocycles. The molecule has 0 radical (unpaired) electrons. The standard InChI is InChI=1S/C35H69N2O6P/c1-6-8-10-12-14-16-17-18-19-21-23-25-27-29-35(39)36-33(32-43-44(40,41)42-31-30-37(3,4)5)34(38)28-26-24-22-20-15-13-11-9-7-2/h16-17,26,28,33-34,38H,6-15,18-25,27,29-32H2,1-5H3,(H-,36,39,40,41)/b17-16-,28-26+. The van der Waals surface area contributed by atoms with E-state index >= 15 is 0 Å². The molecule has 0 aliphatic carbocycles. The molecule has 0 fully saturated rings. The van der Waals surface area contributed by atoms with Crippen molar-refractivity contribution in [2.45, 2.75) is 154 Å². The molecule has 9 heteroatoms. The largest absolute Gasteiger partial charge is 0.756 e. The molecule has 2 N–H and O–H groups in total. The Morgan fingerprint density at radius 2 is 1.25 bits per heavy atom. The van der Waals surface area contributed by atoms with Crippen molar-refractivity contribution < 1.29 is 32.9 Å². The normalized spacial score (nSPS) is 15.2. The third kappa shape index (κ3) is 29.7. The first-order valence-electron chi connectivity index (χ1n) is 17.7. The predicted molar refractivity (Wildman–Crippen MR) is 182 cm³/mol. The second-order valence-corrected chi connectivity index (χ2v) is 14.6. The molecular weight excluding hydrogens is 575 g/mol. The number of likely N-dealkylation sites (N-methyl/N-ethyl adjacent to an activating group) is 1. The fraction of sp³-hybridized carbons (Fsp3) is 0.857. The lowest BCUT2D eigenvalue weighted by Gasteiger charge is -2.29. The highest BCUT2D eigenvalue weighted by Gasteiger charge is 2.23. The van der Waals surface area contributed by atoms with E-state index in [2.05, 4.69) is 31.3 Å². The molecular formula is C35H69N2O6P. The predicted octanol–water partition coefficient (Wildman–Crippen LogP) is 7.99. The Labute approximate surface area is 271 Å². The van der Waals surface area contributed by atoms with Crippen LogP contribution in [0.5, 0.6) is 0 Å². The van der Waals surface area contributed by atoms with Crippen molar-refractivity contribution >= 4 is 13.7 Å². The molecule has 8 nitrogen and oxygen atoms in total. The fourth-order valence-corrected chi connectivity index (χ4v) is 5.45. The number of amides is 1. The van der Waals surface area contributed by atoms with E-state index in [-0.39, 0.29) is 19.1 Å². The van der Waals surface area contributed by atoms with Crippen LogP contribution in [0.2, 0.25) is 0 Å². The average Bonchev–Trinajstić information content (AvgIpc) is 2.95. The summed E-state index contributed by atoms with van der Waals surface area (Å²) in [5.41, 5.74) is 0. The Morgan fingerprint density at radius 3 is 1.80 bits per heavy atom. The van der Waals surface area contributed by atoms with Crippen molar-refractivity contribution in [3.05, 3.63) is 24.3 Å². The van der Waals surface area contributed by atoms with Gasteiger partial charge in [0.2, 0.25) is 5.91 Å². The number of unbranched alkanes of at least 4 members (excludes halogenated alkanes) is 16. The zero-order valence-electron chi connectivity index (χ0n) is 29.1. The molecule has 0 heterocycles. The molecule has 3 unspecified atom stereocenters. The van der Waals surface area contributed by atoms with E-state index in [0.29, 0.717) is 17.4 Å². The number of allylic oxidation sites excluding steroid dienone is 3. The van der Waals surface area contributed by atoms with Crippen LogP contribution in [-0.2, 0) is 18.4 Å². The lowest BCUT2D eigenvalue weighted by molar-refractivity contribution is -0.870. The summed E-state index contributed by atoms with van der Waals surface area (Å²) in [6, 6.07) is -0.883. The Kier molecular flexibility index (Phi) is 27.6. The second-order valence-electron chi connectivity index (χ2n) is 13.2. The Morgan fingerprint density at radius 1 is 0.773 bits per heavy atom. The Balaban J connectivity index is 4.58. The number of hydrogen-bond donors (Lipinski definition) is 2. The van der Waals surface area contributed by atoms with E-state index in [4.69, 9.17) is 9.05 Å². The van der Waals surface area contributed by atoms with Crippen molar-refractivity contribution in [2.24, 2.45) is 0 Å². The molecule has 0 spiro atoms. The number of aliphatic hydroxyl groups is 1. The zero-order chi connectivity index (χ0) is 32.9. The third-order valence-electron chi connectivity index (χ3n) is 7.66. The number of phosphoric acid groups is 1. The molecule has 3 atom stereocenters. The maximum Gasteiger partial charge on any atom is 0.268 e. The number of aliphatic hydroxyl groups excluding tert-OH is 1. The monoisotopic (exact) mass is 644 g/mol. The fourth-order valence-electron chi connectivity index (χ4n) is 4.73. The Hall–Kier alpha value is -1.02. The van der Waals surface area contributed by atoms with Crippen LogP contribution in [0.25, 0.3) is 0 Å². The molecule has 0 rings (SSSR count). The average molecular weight is 645 g/mol. The maximum absolute atomic E-state index is 12.7. The number of nitrogens with one attached hydrogen (secondary N) is 1. The number of rotatable bonds is 31. The van der Waals surface area contributed by atoms with Gasteiger partial charge in [-0.15, -0.1) is 0 Å². The number of carbonyl (C=O) groups is 1. The number of quaternary nitrogens is 1. The van der Waals surface area contributed by atoms with E-state index in [1.165, 1.54) is 70.6 Å². The topological polar surface area (TPSA) is 108 Å². The van der Waals surface area contributed by atoms with Crippen LogP contribution in [-0.4, -0.2) is 68.5 Å². The van der Waals surface area contributed by atoms with E-state index in [1.54, 1.807) is 6.08 Å². The quantitative estimate of drug-likeness (QED) is 0.0343. The molecule has 0 saturated carbocycles. The highest BCUT2D eigenvalue weighted by atomic mass is 31.2. The van der Waals surface area contributed by atoms with Gasteiger partial charge in [0.1, 0.15) is 13.2 Å². The van der Waals surface area contributed by atoms with Gasteiger partial charge in [-0.3, -0.25) is 9.36 Å². The van der Waals surface area contributed by atoms with Crippen molar-refractivity contribution in [2.75, 3.05) is 40.9 Å². The minimum absolute atomic E-state index is 0.00244. The van der Waals surface area contributed by atoms with Crippen molar-refractivity contribution in [1.82, 2.24) is 5.32 Å². The highest BCUT2D eigenvalue weighted by Crippen LogP contribution is 2.38. The van der Waals surface area contributed by atoms with Crippen LogP contribution in [0.1, 0.15) is 142 Å². The molecule has 0 aliphatic heterocycles. The van der Waals surface area contributed by atoms with Crippen LogP contribution in [0, 0.1) is 0 Å². The van der Waals surface area contributed by atoms with Gasteiger partial charge in [-0.1, -0.05) is 115 Å². The second kappa shape index (κ2) is 28.2. The van der Waals surface area contributed by atoms with Crippen LogP contribution in [0.3, 0.4) is 0 Å². The zero-order valence-corrected chi connectivity index (χ0v) is 30.0. The number of carbonyl (C=O) groups excluding carboxylic acids is 1. The summed E-state index contributed by atoms with van der Waals surface area (Å²) in [4.78, 5) is 25.0. The summed E-state index contributed by atoms with van der Waals surface area (Å²) in [7, 11) is 1.25. The van der Waals surface area contributed by atoms with Gasteiger partial charge in [-0.05, 0) is 44.9 Å². The summed E-state index contributed by atoms with van der Waals surface area (Å²) in [6.45, 7) is 4.56. The van der Waals surface area contributed by atoms with Gasteiger partial charge in [-0.25, -0.2) is 0 Å². The summed E-state index contributed by atoms with van der Waals surface area (Å²) in [5, 5.41) is 13.6. The Bertz CT molecular complexity index is 784. The molecule has 0 saturated heterocycles. The maximum atomic E-state index is 12.7. The van der Waals surface area contributed by atoms with E-state index in [1.807, 2.05) is 27.2 Å². The number of nitrogens with zero attached hydrogens (tertiary/aromatic N) is 1. The first-order valence-corrected chi connectivity index (χ1v) is 19.2. The SMILES string of the molecule is CCCCCC/C=C\CCCCCCCC(=O)NC(COP(=O)([O-])OCC[N+](C)(C)C)C(O)/C=C/CCCCCCCCC. The van der Waals surface area contributed by atoms with Gasteiger partial charge in [0.15, 0.2) is 0 Å². The van der Waals surface area contributed by atoms with Gasteiger partial charge < -0.3 is 28.8 Å². The molecule has 0 bridgehead atoms. The van der Waals surface area contributed by atoms with Crippen LogP contribution < -0.4 is 10.2 Å². The van der Waals surface area contributed by atoms with E-state index in [0.717, 1.165) is 51.4 Å². The summed E-state index contributed by atoms with van der Waals surface area (Å²) >= 11 is 0. The van der Waals surface area contributed by atoms with Gasteiger partial charge in [-0.2, -0.15) is 0 Å². The summed E-state index contributed by atoms with van der Waals surface area (Å²) in [5.74, 6) is -0.212. The number of hydrogen-bond acceptors (Lipinski definition) is 6. The lowest BCUT2D eigenvalue weighted by atomic mass is 10.1. The highest BCUT2D eigenvalue weighted by molar-refractivity contribution is 7.45. The van der Waals surface area contributed by atoms with Gasteiger partial charge in [0.05, 0.1) is 39.9 Å². The smallest absolute Gasteiger partial charge is 0.268 e. The van der Waals surface area contributed by atoms with Crippen LogP contribution >= 0.6 is 7.82 Å². The number of phosphoric ester groups is 1. The van der Waals surface area contributed by atoms with Gasteiger partial charge in [0, 0.05) is 6.42 Å². The third-order valence-corrected chi connectivity index (χ3v) is 8.62. The molecule has 0 aliphatic rings. The summed E-state index contributed by atoms with van der Waals surface area (Å²) in [6.07, 6.45) is 29.3. The van der Waals surface area contributed by atoms with Gasteiger partial charge in [0.25, 0.3) is 7.82 Å². The van der Waals surface area contributed by atoms with Gasteiger partial charge >= 0.3 is 0 Å². The molecule has 0 aromatic rings.